The number of fused-ring (bicyclic) bond motifs is 1. The molecule has 0 fully saturated rings. The van der Waals surface area contributed by atoms with Crippen LogP contribution in [-0.2, 0) is 6.42 Å². The molecule has 6 heteroatoms. The number of amides is 1. The van der Waals surface area contributed by atoms with Crippen molar-refractivity contribution >= 4 is 17.4 Å². The number of imidazole rings is 1. The minimum Gasteiger partial charge on any atom is -0.365 e. The summed E-state index contributed by atoms with van der Waals surface area (Å²) in [5.41, 5.74) is 7.53. The SMILES string of the molecule is CCCCCCCc1[nH]c2c(C(N)=O)cnn2c1NC(C)(C)C. The van der Waals surface area contributed by atoms with E-state index in [4.69, 9.17) is 5.73 Å². The van der Waals surface area contributed by atoms with Crippen LogP contribution in [-0.4, -0.2) is 26.0 Å². The fourth-order valence-electron chi connectivity index (χ4n) is 2.72. The topological polar surface area (TPSA) is 88.2 Å². The number of nitrogens with two attached hydrogens (primary N) is 1. The van der Waals surface area contributed by atoms with Gasteiger partial charge < -0.3 is 16.0 Å². The van der Waals surface area contributed by atoms with Gasteiger partial charge in [-0.2, -0.15) is 9.61 Å². The molecule has 0 unspecified atom stereocenters. The van der Waals surface area contributed by atoms with Gasteiger partial charge in [-0.05, 0) is 33.6 Å². The number of rotatable bonds is 8. The van der Waals surface area contributed by atoms with E-state index in [1.165, 1.54) is 31.9 Å². The summed E-state index contributed by atoms with van der Waals surface area (Å²) in [4.78, 5) is 14.9. The maximum absolute atomic E-state index is 11.5. The molecule has 0 aliphatic heterocycles. The van der Waals surface area contributed by atoms with Crippen molar-refractivity contribution in [3.8, 4) is 0 Å². The van der Waals surface area contributed by atoms with Gasteiger partial charge in [0, 0.05) is 5.54 Å². The quantitative estimate of drug-likeness (QED) is 0.651. The second-order valence-electron chi connectivity index (χ2n) is 7.17. The Bertz CT molecular complexity index is 662. The van der Waals surface area contributed by atoms with Gasteiger partial charge in [0.1, 0.15) is 17.0 Å². The molecule has 0 aliphatic carbocycles. The van der Waals surface area contributed by atoms with Crippen LogP contribution < -0.4 is 11.1 Å². The number of aromatic nitrogens is 3. The summed E-state index contributed by atoms with van der Waals surface area (Å²) in [6.07, 6.45) is 8.59. The fourth-order valence-corrected chi connectivity index (χ4v) is 2.72. The third kappa shape index (κ3) is 4.27. The summed E-state index contributed by atoms with van der Waals surface area (Å²) in [5.74, 6) is 0.466. The molecule has 23 heavy (non-hydrogen) atoms. The summed E-state index contributed by atoms with van der Waals surface area (Å²) >= 11 is 0. The Kier molecular flexibility index (Phi) is 5.34. The zero-order chi connectivity index (χ0) is 17.0. The number of H-pyrrole nitrogens is 1. The van der Waals surface area contributed by atoms with Crippen molar-refractivity contribution in [1.82, 2.24) is 14.6 Å². The van der Waals surface area contributed by atoms with Crippen molar-refractivity contribution in [2.24, 2.45) is 5.73 Å². The molecule has 128 valence electrons. The number of carbonyl (C=O) groups excluding carboxylic acids is 1. The molecule has 0 bridgehead atoms. The first-order valence-electron chi connectivity index (χ1n) is 8.50. The van der Waals surface area contributed by atoms with Gasteiger partial charge in [0.05, 0.1) is 11.9 Å². The molecule has 4 N–H and O–H groups in total. The first kappa shape index (κ1) is 17.4. The van der Waals surface area contributed by atoms with Crippen LogP contribution in [0.3, 0.4) is 0 Å². The van der Waals surface area contributed by atoms with Gasteiger partial charge in [0.2, 0.25) is 0 Å². The smallest absolute Gasteiger partial charge is 0.254 e. The zero-order valence-corrected chi connectivity index (χ0v) is 14.7. The van der Waals surface area contributed by atoms with Crippen LogP contribution in [0.15, 0.2) is 6.20 Å². The van der Waals surface area contributed by atoms with Crippen molar-refractivity contribution in [3.63, 3.8) is 0 Å². The maximum Gasteiger partial charge on any atom is 0.254 e. The molecule has 0 spiro atoms. The zero-order valence-electron chi connectivity index (χ0n) is 14.7. The number of carbonyl (C=O) groups is 1. The highest BCUT2D eigenvalue weighted by atomic mass is 16.1. The standard InChI is InChI=1S/C17H29N5O/c1-5-6-7-8-9-10-13-16(21-17(2,3)4)22-15(20-13)12(11-19-22)14(18)23/h11,20-21H,5-10H2,1-4H3,(H2,18,23). The van der Waals surface area contributed by atoms with Gasteiger partial charge in [0.15, 0.2) is 0 Å². The van der Waals surface area contributed by atoms with Crippen molar-refractivity contribution in [2.75, 3.05) is 5.32 Å². The highest BCUT2D eigenvalue weighted by Gasteiger charge is 2.21. The van der Waals surface area contributed by atoms with Crippen molar-refractivity contribution in [3.05, 3.63) is 17.5 Å². The first-order chi connectivity index (χ1) is 10.8. The summed E-state index contributed by atoms with van der Waals surface area (Å²) < 4.78 is 1.76. The Morgan fingerprint density at radius 2 is 2.00 bits per heavy atom. The van der Waals surface area contributed by atoms with E-state index in [0.29, 0.717) is 11.2 Å². The molecule has 2 rings (SSSR count). The van der Waals surface area contributed by atoms with E-state index in [-0.39, 0.29) is 5.54 Å². The van der Waals surface area contributed by atoms with E-state index in [9.17, 15) is 4.79 Å². The molecule has 2 heterocycles. The Hall–Kier alpha value is -1.98. The third-order valence-corrected chi connectivity index (χ3v) is 3.83. The first-order valence-corrected chi connectivity index (χ1v) is 8.50. The lowest BCUT2D eigenvalue weighted by Gasteiger charge is -2.22. The number of primary amides is 1. The van der Waals surface area contributed by atoms with E-state index >= 15 is 0 Å². The predicted molar refractivity (Wildman–Crippen MR) is 93.9 cm³/mol. The van der Waals surface area contributed by atoms with Crippen LogP contribution in [0.5, 0.6) is 0 Å². The van der Waals surface area contributed by atoms with Crippen molar-refractivity contribution < 1.29 is 4.79 Å². The maximum atomic E-state index is 11.5. The number of unbranched alkanes of at least 4 members (excludes halogenated alkanes) is 4. The molecule has 0 saturated heterocycles. The Balaban J connectivity index is 2.26. The van der Waals surface area contributed by atoms with Crippen molar-refractivity contribution in [2.45, 2.75) is 71.8 Å². The van der Waals surface area contributed by atoms with Gasteiger partial charge in [-0.25, -0.2) is 0 Å². The third-order valence-electron chi connectivity index (χ3n) is 3.83. The molecular formula is C17H29N5O. The molecule has 2 aromatic heterocycles. The van der Waals surface area contributed by atoms with E-state index < -0.39 is 5.91 Å². The molecule has 0 aromatic carbocycles. The van der Waals surface area contributed by atoms with Gasteiger partial charge in [-0.1, -0.05) is 32.6 Å². The molecular weight excluding hydrogens is 290 g/mol. The van der Waals surface area contributed by atoms with E-state index in [1.54, 1.807) is 4.52 Å². The van der Waals surface area contributed by atoms with Crippen LogP contribution in [0.1, 0.15) is 75.9 Å². The molecule has 2 aromatic rings. The number of hydrogen-bond acceptors (Lipinski definition) is 3. The Morgan fingerprint density at radius 3 is 2.61 bits per heavy atom. The Labute approximate surface area is 137 Å². The summed E-state index contributed by atoms with van der Waals surface area (Å²) in [6.45, 7) is 8.54. The van der Waals surface area contributed by atoms with Crippen molar-refractivity contribution in [1.29, 1.82) is 0 Å². The average molecular weight is 319 g/mol. The van der Waals surface area contributed by atoms with Crippen LogP contribution in [0.25, 0.3) is 5.65 Å². The van der Waals surface area contributed by atoms with Crippen LogP contribution in [0.4, 0.5) is 5.82 Å². The summed E-state index contributed by atoms with van der Waals surface area (Å²) in [7, 11) is 0. The largest absolute Gasteiger partial charge is 0.365 e. The number of aryl methyl sites for hydroxylation is 1. The number of hydrogen-bond donors (Lipinski definition) is 3. The van der Waals surface area contributed by atoms with E-state index in [0.717, 1.165) is 24.4 Å². The highest BCUT2D eigenvalue weighted by Crippen LogP contribution is 2.25. The predicted octanol–water partition coefficient (Wildman–Crippen LogP) is 3.48. The lowest BCUT2D eigenvalue weighted by molar-refractivity contribution is 0.100. The minimum atomic E-state index is -0.460. The molecule has 0 radical (unpaired) electrons. The molecule has 0 aliphatic rings. The molecule has 0 saturated carbocycles. The van der Waals surface area contributed by atoms with Crippen LogP contribution in [0, 0.1) is 0 Å². The number of nitrogens with zero attached hydrogens (tertiary/aromatic N) is 2. The molecule has 1 amide bonds. The van der Waals surface area contributed by atoms with E-state index in [2.05, 4.69) is 43.1 Å². The monoisotopic (exact) mass is 319 g/mol. The normalized spacial score (nSPS) is 12.0. The second-order valence-corrected chi connectivity index (χ2v) is 7.17. The van der Waals surface area contributed by atoms with Gasteiger partial charge in [-0.15, -0.1) is 0 Å². The highest BCUT2D eigenvalue weighted by molar-refractivity contribution is 5.98. The lowest BCUT2D eigenvalue weighted by atomic mass is 10.1. The lowest BCUT2D eigenvalue weighted by Crippen LogP contribution is -2.27. The second kappa shape index (κ2) is 7.06. The van der Waals surface area contributed by atoms with Gasteiger partial charge in [0.25, 0.3) is 5.91 Å². The number of anilines is 1. The minimum absolute atomic E-state index is 0.0923. The van der Waals surface area contributed by atoms with E-state index in [1.807, 2.05) is 0 Å². The molecule has 6 nitrogen and oxygen atoms in total. The van der Waals surface area contributed by atoms with Gasteiger partial charge in [-0.3, -0.25) is 4.79 Å². The summed E-state index contributed by atoms with van der Waals surface area (Å²) in [6, 6.07) is 0. The van der Waals surface area contributed by atoms with Crippen LogP contribution in [0.2, 0.25) is 0 Å². The average Bonchev–Trinajstić information content (AvgIpc) is 2.98. The number of nitrogens with one attached hydrogen (secondary N) is 2. The summed E-state index contributed by atoms with van der Waals surface area (Å²) in [5, 5.41) is 7.82. The van der Waals surface area contributed by atoms with Crippen LogP contribution >= 0.6 is 0 Å². The fraction of sp³-hybridized carbons (Fsp3) is 0.647. The number of aromatic amines is 1. The van der Waals surface area contributed by atoms with Gasteiger partial charge >= 0.3 is 0 Å². The molecule has 0 atom stereocenters. The Morgan fingerprint density at radius 1 is 1.30 bits per heavy atom.